The number of benzene rings is 1. The van der Waals surface area contributed by atoms with Crippen molar-refractivity contribution in [2.75, 3.05) is 26.2 Å². The quantitative estimate of drug-likeness (QED) is 0.299. The lowest BCUT2D eigenvalue weighted by Crippen LogP contribution is -2.25. The van der Waals surface area contributed by atoms with Gasteiger partial charge in [0.05, 0.1) is 17.1 Å². The van der Waals surface area contributed by atoms with Gasteiger partial charge >= 0.3 is 0 Å². The number of ether oxygens (including phenoxy) is 1. The molecule has 1 N–H and O–H groups in total. The average molecular weight is 535 g/mol. The van der Waals surface area contributed by atoms with Gasteiger partial charge in [0.2, 0.25) is 0 Å². The summed E-state index contributed by atoms with van der Waals surface area (Å²) in [6.45, 7) is 3.85. The van der Waals surface area contributed by atoms with Gasteiger partial charge in [-0.2, -0.15) is 5.10 Å². The highest BCUT2D eigenvalue weighted by Gasteiger charge is 2.19. The maximum atomic E-state index is 13.5. The molecule has 0 spiro atoms. The van der Waals surface area contributed by atoms with E-state index in [2.05, 4.69) is 25.9 Å². The summed E-state index contributed by atoms with van der Waals surface area (Å²) in [6, 6.07) is 12.3. The van der Waals surface area contributed by atoms with E-state index in [1.54, 1.807) is 29.2 Å². The molecule has 200 valence electrons. The largest absolute Gasteiger partial charge is 0.491 e. The second-order valence-corrected chi connectivity index (χ2v) is 10.0. The third kappa shape index (κ3) is 4.56. The SMILES string of the molecule is Cn1nc(-c2nc3nccc(-c4ccc(F)cc4)c3[nH]2)c2cc(-c3cncc(OCCN4CCCC4)c3)cnc21. The molecule has 1 saturated heterocycles. The molecule has 10 heteroatoms. The molecule has 7 rings (SSSR count). The highest BCUT2D eigenvalue weighted by Crippen LogP contribution is 2.33. The molecular weight excluding hydrogens is 507 g/mol. The Bertz CT molecular complexity index is 1820. The van der Waals surface area contributed by atoms with Gasteiger partial charge in [-0.05, 0) is 61.8 Å². The van der Waals surface area contributed by atoms with Crippen LogP contribution in [-0.2, 0) is 7.05 Å². The van der Waals surface area contributed by atoms with E-state index in [0.29, 0.717) is 23.8 Å². The van der Waals surface area contributed by atoms with E-state index in [9.17, 15) is 4.39 Å². The van der Waals surface area contributed by atoms with Crippen LogP contribution >= 0.6 is 0 Å². The molecule has 6 heterocycles. The standard InChI is InChI=1S/C30H27FN8O/c1-38-30-25(15-21(17-34-30)20-14-23(18-32-16-20)40-13-12-39-10-2-3-11-39)27(37-38)29-35-26-24(8-9-33-28(26)36-29)19-4-6-22(31)7-5-19/h4-9,14-18H,2-3,10-13H2,1H3,(H,33,35,36). The van der Waals surface area contributed by atoms with Crippen molar-refractivity contribution in [1.82, 2.24) is 39.6 Å². The number of hydrogen-bond acceptors (Lipinski definition) is 7. The van der Waals surface area contributed by atoms with Crippen molar-refractivity contribution in [1.29, 1.82) is 0 Å². The predicted molar refractivity (Wildman–Crippen MR) is 151 cm³/mol. The van der Waals surface area contributed by atoms with E-state index in [-0.39, 0.29) is 5.82 Å². The van der Waals surface area contributed by atoms with E-state index in [1.807, 2.05) is 31.6 Å². The zero-order valence-corrected chi connectivity index (χ0v) is 22.0. The van der Waals surface area contributed by atoms with Crippen molar-refractivity contribution in [2.24, 2.45) is 7.05 Å². The van der Waals surface area contributed by atoms with Crippen molar-refractivity contribution < 1.29 is 9.13 Å². The first-order valence-corrected chi connectivity index (χ1v) is 13.4. The molecular formula is C30H27FN8O. The molecule has 0 aliphatic carbocycles. The van der Waals surface area contributed by atoms with Crippen LogP contribution < -0.4 is 4.74 Å². The Balaban J connectivity index is 1.22. The summed E-state index contributed by atoms with van der Waals surface area (Å²) < 4.78 is 21.3. The zero-order valence-electron chi connectivity index (χ0n) is 22.0. The Morgan fingerprint density at radius 3 is 2.62 bits per heavy atom. The lowest BCUT2D eigenvalue weighted by molar-refractivity contribution is 0.237. The number of nitrogens with zero attached hydrogens (tertiary/aromatic N) is 7. The number of rotatable bonds is 7. The molecule has 1 aliphatic rings. The molecule has 1 aromatic carbocycles. The number of likely N-dealkylation sites (tertiary alicyclic amines) is 1. The molecule has 6 aromatic rings. The lowest BCUT2D eigenvalue weighted by Gasteiger charge is -2.15. The fourth-order valence-corrected chi connectivity index (χ4v) is 5.32. The van der Waals surface area contributed by atoms with Crippen LogP contribution in [0, 0.1) is 5.82 Å². The van der Waals surface area contributed by atoms with Gasteiger partial charge in [-0.25, -0.2) is 24.0 Å². The fraction of sp³-hybridized carbons (Fsp3) is 0.233. The van der Waals surface area contributed by atoms with Crippen LogP contribution in [-0.4, -0.2) is 65.8 Å². The molecule has 0 radical (unpaired) electrons. The van der Waals surface area contributed by atoms with Crippen molar-refractivity contribution in [3.8, 4) is 39.5 Å². The summed E-state index contributed by atoms with van der Waals surface area (Å²) in [7, 11) is 1.86. The Morgan fingerprint density at radius 2 is 1.77 bits per heavy atom. The van der Waals surface area contributed by atoms with Gasteiger partial charge in [-0.3, -0.25) is 9.88 Å². The van der Waals surface area contributed by atoms with Gasteiger partial charge in [-0.15, -0.1) is 0 Å². The Hall–Kier alpha value is -4.70. The monoisotopic (exact) mass is 534 g/mol. The number of fused-ring (bicyclic) bond motifs is 2. The molecule has 0 atom stereocenters. The van der Waals surface area contributed by atoms with Crippen LogP contribution in [0.15, 0.2) is 67.3 Å². The van der Waals surface area contributed by atoms with Crippen LogP contribution in [0.2, 0.25) is 0 Å². The van der Waals surface area contributed by atoms with Gasteiger partial charge < -0.3 is 9.72 Å². The second kappa shape index (κ2) is 10.1. The summed E-state index contributed by atoms with van der Waals surface area (Å²) in [4.78, 5) is 24.2. The van der Waals surface area contributed by atoms with Crippen molar-refractivity contribution in [3.63, 3.8) is 0 Å². The third-order valence-corrected chi connectivity index (χ3v) is 7.37. The minimum atomic E-state index is -0.281. The predicted octanol–water partition coefficient (Wildman–Crippen LogP) is 5.25. The number of hydrogen-bond donors (Lipinski definition) is 1. The smallest absolute Gasteiger partial charge is 0.178 e. The Morgan fingerprint density at radius 1 is 0.950 bits per heavy atom. The second-order valence-electron chi connectivity index (χ2n) is 10.0. The Labute approximate surface area is 229 Å². The van der Waals surface area contributed by atoms with Gasteiger partial charge in [-0.1, -0.05) is 12.1 Å². The maximum Gasteiger partial charge on any atom is 0.178 e. The topological polar surface area (TPSA) is 97.6 Å². The van der Waals surface area contributed by atoms with Crippen LogP contribution in [0.5, 0.6) is 5.75 Å². The summed E-state index contributed by atoms with van der Waals surface area (Å²) in [5.74, 6) is 1.04. The third-order valence-electron chi connectivity index (χ3n) is 7.37. The van der Waals surface area contributed by atoms with Crippen molar-refractivity contribution >= 4 is 22.2 Å². The fourth-order valence-electron chi connectivity index (χ4n) is 5.32. The Kier molecular flexibility index (Phi) is 6.16. The first-order chi connectivity index (χ1) is 19.6. The molecule has 0 bridgehead atoms. The van der Waals surface area contributed by atoms with Crippen LogP contribution in [0.25, 0.3) is 56.0 Å². The van der Waals surface area contributed by atoms with E-state index in [1.165, 1.54) is 25.0 Å². The number of pyridine rings is 3. The number of nitrogens with one attached hydrogen (secondary N) is 1. The first kappa shape index (κ1) is 24.3. The van der Waals surface area contributed by atoms with Crippen molar-refractivity contribution in [2.45, 2.75) is 12.8 Å². The van der Waals surface area contributed by atoms with Crippen LogP contribution in [0.1, 0.15) is 12.8 Å². The molecule has 40 heavy (non-hydrogen) atoms. The summed E-state index contributed by atoms with van der Waals surface area (Å²) >= 11 is 0. The van der Waals surface area contributed by atoms with E-state index >= 15 is 0 Å². The minimum Gasteiger partial charge on any atom is -0.491 e. The molecule has 1 fully saturated rings. The number of imidazole rings is 1. The molecule has 0 amide bonds. The first-order valence-electron chi connectivity index (χ1n) is 13.4. The highest BCUT2D eigenvalue weighted by atomic mass is 19.1. The number of aromatic nitrogens is 7. The number of aromatic amines is 1. The number of halogens is 1. The number of H-pyrrole nitrogens is 1. The highest BCUT2D eigenvalue weighted by molar-refractivity contribution is 5.96. The molecule has 9 nitrogen and oxygen atoms in total. The van der Waals surface area contributed by atoms with Crippen LogP contribution in [0.3, 0.4) is 0 Å². The average Bonchev–Trinajstić information content (AvgIpc) is 3.73. The molecule has 0 saturated carbocycles. The van der Waals surface area contributed by atoms with E-state index < -0.39 is 0 Å². The zero-order chi connectivity index (χ0) is 27.1. The van der Waals surface area contributed by atoms with E-state index in [0.717, 1.165) is 64.2 Å². The molecule has 1 aliphatic heterocycles. The number of aryl methyl sites for hydroxylation is 1. The van der Waals surface area contributed by atoms with Crippen molar-refractivity contribution in [3.05, 3.63) is 73.1 Å². The van der Waals surface area contributed by atoms with Gasteiger partial charge in [0.1, 0.15) is 23.9 Å². The van der Waals surface area contributed by atoms with Gasteiger partial charge in [0.25, 0.3) is 0 Å². The minimum absolute atomic E-state index is 0.281. The van der Waals surface area contributed by atoms with Gasteiger partial charge in [0.15, 0.2) is 17.1 Å². The molecule has 0 unspecified atom stereocenters. The maximum absolute atomic E-state index is 13.5. The van der Waals surface area contributed by atoms with E-state index in [4.69, 9.17) is 19.8 Å². The summed E-state index contributed by atoms with van der Waals surface area (Å²) in [6.07, 6.45) is 9.62. The summed E-state index contributed by atoms with van der Waals surface area (Å²) in [5.41, 5.74) is 6.29. The molecule has 5 aromatic heterocycles. The normalized spacial score (nSPS) is 13.9. The lowest BCUT2D eigenvalue weighted by atomic mass is 10.1. The summed E-state index contributed by atoms with van der Waals surface area (Å²) in [5, 5.41) is 5.59. The van der Waals surface area contributed by atoms with Gasteiger partial charge in [0, 0.05) is 48.9 Å². The van der Waals surface area contributed by atoms with Crippen LogP contribution in [0.4, 0.5) is 4.39 Å².